The number of hydrogen-bond donors (Lipinski definition) is 5. The van der Waals surface area contributed by atoms with Crippen LogP contribution in [-0.2, 0) is 31.0 Å². The van der Waals surface area contributed by atoms with Crippen LogP contribution in [0.4, 0.5) is 11.9 Å². The van der Waals surface area contributed by atoms with Gasteiger partial charge in [-0.2, -0.15) is 10.2 Å². The van der Waals surface area contributed by atoms with Gasteiger partial charge in [0.2, 0.25) is 29.6 Å². The first-order chi connectivity index (χ1) is 30.8. The maximum absolute atomic E-state index is 13.8. The molecule has 7 N–H and O–H groups in total. The fourth-order valence-electron chi connectivity index (χ4n) is 7.43. The number of allylic oxidation sites excluding steroid dienone is 2. The van der Waals surface area contributed by atoms with Gasteiger partial charge in [-0.15, -0.1) is 0 Å². The highest BCUT2D eigenvalue weighted by atomic mass is 16.5. The molecular weight excluding hydrogens is 825 g/mol. The number of imidazole rings is 2. The van der Waals surface area contributed by atoms with Crippen LogP contribution in [0.15, 0.2) is 60.7 Å². The molecule has 21 nitrogen and oxygen atoms in total. The van der Waals surface area contributed by atoms with Crippen molar-refractivity contribution < 1.29 is 33.4 Å². The number of fused-ring (bicyclic) bond motifs is 2. The summed E-state index contributed by atoms with van der Waals surface area (Å²) in [5.41, 5.74) is 15.3. The van der Waals surface area contributed by atoms with E-state index in [2.05, 4.69) is 31.1 Å². The van der Waals surface area contributed by atoms with Gasteiger partial charge in [-0.1, -0.05) is 18.2 Å². The lowest BCUT2D eigenvalue weighted by molar-refractivity contribution is -0.131. The van der Waals surface area contributed by atoms with Crippen LogP contribution in [0.2, 0.25) is 0 Å². The fourth-order valence-corrected chi connectivity index (χ4v) is 7.43. The van der Waals surface area contributed by atoms with E-state index < -0.39 is 23.6 Å². The number of hydrogen-bond acceptors (Lipinski definition) is 12. The summed E-state index contributed by atoms with van der Waals surface area (Å²) in [6.45, 7) is 10.6. The molecule has 1 aliphatic heterocycles. The van der Waals surface area contributed by atoms with Gasteiger partial charge in [0.05, 0.1) is 36.1 Å². The zero-order chi connectivity index (χ0) is 45.7. The largest absolute Gasteiger partial charge is 0.494 e. The van der Waals surface area contributed by atoms with Crippen LogP contribution in [0.3, 0.4) is 0 Å². The molecule has 0 spiro atoms. The Bertz CT molecular complexity index is 2850. The summed E-state index contributed by atoms with van der Waals surface area (Å²) >= 11 is 0. The molecule has 0 unspecified atom stereocenters. The zero-order valence-corrected chi connectivity index (χ0v) is 36.2. The third-order valence-corrected chi connectivity index (χ3v) is 10.5. The number of nitrogens with one attached hydrogen (secondary N) is 3. The highest BCUT2D eigenvalue weighted by molar-refractivity contribution is 6.05. The SMILES string of the molecule is CCn1nc(C)cc1C(=O)Nc1nc2cc(C(N)=O)cc(OC)c2n1C/C=C/Cn1c(NC(=O)c2cc(C)nn2CC)nc2cc(C(N)=O)cc(OC/C=C/CN3CCNCC3=O)c21. The molecule has 6 aromatic rings. The fraction of sp³-hybridized carbons (Fsp3) is 0.326. The Morgan fingerprint density at radius 2 is 1.23 bits per heavy atom. The molecule has 5 amide bonds. The monoisotopic (exact) mass is 874 g/mol. The molecule has 334 valence electrons. The first kappa shape index (κ1) is 44.3. The molecule has 0 bridgehead atoms. The van der Waals surface area contributed by atoms with E-state index in [9.17, 15) is 24.0 Å². The lowest BCUT2D eigenvalue weighted by Gasteiger charge is -2.26. The molecule has 0 atom stereocenters. The van der Waals surface area contributed by atoms with E-state index in [1.165, 1.54) is 31.4 Å². The van der Waals surface area contributed by atoms with Crippen LogP contribution < -0.4 is 36.9 Å². The molecular formula is C43H50N14O7. The summed E-state index contributed by atoms with van der Waals surface area (Å²) in [5.74, 6) is -1.40. The first-order valence-corrected chi connectivity index (χ1v) is 20.6. The first-order valence-electron chi connectivity index (χ1n) is 20.6. The highest BCUT2D eigenvalue weighted by Gasteiger charge is 2.24. The van der Waals surface area contributed by atoms with Gasteiger partial charge in [0.25, 0.3) is 11.8 Å². The van der Waals surface area contributed by atoms with Gasteiger partial charge in [-0.25, -0.2) is 9.97 Å². The van der Waals surface area contributed by atoms with Crippen molar-refractivity contribution in [2.75, 3.05) is 50.5 Å². The number of methoxy groups -OCH3 is 1. The Balaban J connectivity index is 1.25. The van der Waals surface area contributed by atoms with E-state index in [0.29, 0.717) is 83.3 Å². The Kier molecular flexibility index (Phi) is 13.2. The van der Waals surface area contributed by atoms with Crippen molar-refractivity contribution in [1.29, 1.82) is 0 Å². The average molecular weight is 875 g/mol. The maximum Gasteiger partial charge on any atom is 0.276 e. The van der Waals surface area contributed by atoms with Crippen LogP contribution >= 0.6 is 0 Å². The summed E-state index contributed by atoms with van der Waals surface area (Å²) in [6.07, 6.45) is 7.26. The molecule has 0 radical (unpaired) electrons. The number of aromatic nitrogens is 8. The van der Waals surface area contributed by atoms with Gasteiger partial charge < -0.3 is 40.3 Å². The van der Waals surface area contributed by atoms with Crippen molar-refractivity contribution >= 4 is 63.5 Å². The third-order valence-electron chi connectivity index (χ3n) is 10.5. The quantitative estimate of drug-likeness (QED) is 0.0781. The van der Waals surface area contributed by atoms with Crippen molar-refractivity contribution in [3.8, 4) is 11.5 Å². The van der Waals surface area contributed by atoms with Crippen LogP contribution in [0.1, 0.15) is 66.9 Å². The molecule has 64 heavy (non-hydrogen) atoms. The van der Waals surface area contributed by atoms with Crippen molar-refractivity contribution in [2.45, 2.75) is 53.9 Å². The number of ether oxygens (including phenoxy) is 2. The van der Waals surface area contributed by atoms with Gasteiger partial charge in [-0.3, -0.25) is 44.0 Å². The van der Waals surface area contributed by atoms with Crippen molar-refractivity contribution in [3.63, 3.8) is 0 Å². The van der Waals surface area contributed by atoms with Crippen LogP contribution in [0.5, 0.6) is 11.5 Å². The minimum Gasteiger partial charge on any atom is -0.494 e. The third kappa shape index (κ3) is 9.33. The second-order valence-electron chi connectivity index (χ2n) is 14.9. The Morgan fingerprint density at radius 3 is 1.72 bits per heavy atom. The summed E-state index contributed by atoms with van der Waals surface area (Å²) in [7, 11) is 1.45. The molecule has 4 aromatic heterocycles. The molecule has 1 aliphatic rings. The van der Waals surface area contributed by atoms with Crippen LogP contribution in [0, 0.1) is 13.8 Å². The number of anilines is 2. The topological polar surface area (TPSA) is 266 Å². The van der Waals surface area contributed by atoms with Crippen LogP contribution in [0.25, 0.3) is 22.1 Å². The van der Waals surface area contributed by atoms with E-state index in [-0.39, 0.29) is 60.9 Å². The lowest BCUT2D eigenvalue weighted by Crippen LogP contribution is -2.47. The number of nitrogens with two attached hydrogens (primary N) is 2. The second kappa shape index (κ2) is 19.1. The molecule has 0 saturated carbocycles. The Labute approximate surface area is 367 Å². The Hall–Kier alpha value is -7.81. The number of nitrogens with zero attached hydrogens (tertiary/aromatic N) is 9. The number of amides is 5. The van der Waals surface area contributed by atoms with Crippen molar-refractivity contribution in [1.82, 2.24) is 48.9 Å². The number of benzene rings is 2. The molecule has 1 saturated heterocycles. The number of carbonyl (C=O) groups is 5. The smallest absolute Gasteiger partial charge is 0.276 e. The predicted molar refractivity (Wildman–Crippen MR) is 237 cm³/mol. The van der Waals surface area contributed by atoms with E-state index in [1.807, 2.05) is 32.1 Å². The minimum absolute atomic E-state index is 0.00476. The Morgan fingerprint density at radius 1 is 0.734 bits per heavy atom. The number of carbonyl (C=O) groups excluding carboxylic acids is 5. The zero-order valence-electron chi connectivity index (χ0n) is 36.2. The van der Waals surface area contributed by atoms with Gasteiger partial charge in [0, 0.05) is 56.9 Å². The summed E-state index contributed by atoms with van der Waals surface area (Å²) in [5, 5.41) is 17.7. The summed E-state index contributed by atoms with van der Waals surface area (Å²) < 4.78 is 18.6. The van der Waals surface area contributed by atoms with E-state index >= 15 is 0 Å². The molecule has 21 heteroatoms. The van der Waals surface area contributed by atoms with E-state index in [0.717, 1.165) is 0 Å². The van der Waals surface area contributed by atoms with Gasteiger partial charge >= 0.3 is 0 Å². The van der Waals surface area contributed by atoms with Crippen LogP contribution in [-0.4, -0.2) is 113 Å². The molecule has 7 rings (SSSR count). The minimum atomic E-state index is -0.704. The molecule has 0 aliphatic carbocycles. The van der Waals surface area contributed by atoms with Gasteiger partial charge in [0.15, 0.2) is 0 Å². The molecule has 5 heterocycles. The van der Waals surface area contributed by atoms with Gasteiger partial charge in [0.1, 0.15) is 40.5 Å². The predicted octanol–water partition coefficient (Wildman–Crippen LogP) is 2.77. The molecule has 1 fully saturated rings. The normalized spacial score (nSPS) is 13.1. The highest BCUT2D eigenvalue weighted by Crippen LogP contribution is 2.33. The van der Waals surface area contributed by atoms with Crippen molar-refractivity contribution in [2.24, 2.45) is 11.5 Å². The lowest BCUT2D eigenvalue weighted by atomic mass is 10.1. The number of piperazine rings is 1. The number of aryl methyl sites for hydroxylation is 4. The standard InChI is InChI=1S/C43H50N14O7/c1-6-56-31(18-25(3)51-56)40(61)49-42-47-29-20-27(38(44)59)22-33(63-5)36(29)54(42)14-8-9-15-55-37-30(48-43(55)50-41(62)32-19-26(4)52-57(32)7-2)21-28(39(45)60)23-34(37)64-17-11-10-13-53-16-12-46-24-35(53)58/h8-11,18-23,46H,6-7,12-17,24H2,1-5H3,(H2,44,59)(H2,45,60)(H,47,49,61)(H,48,50,62)/b9-8+,11-10+. The number of rotatable bonds is 18. The summed E-state index contributed by atoms with van der Waals surface area (Å²) in [6, 6.07) is 9.43. The van der Waals surface area contributed by atoms with E-state index in [1.54, 1.807) is 55.5 Å². The molecule has 2 aromatic carbocycles. The van der Waals surface area contributed by atoms with Gasteiger partial charge in [-0.05, 0) is 70.2 Å². The summed E-state index contributed by atoms with van der Waals surface area (Å²) in [4.78, 5) is 75.7. The van der Waals surface area contributed by atoms with Crippen molar-refractivity contribution in [3.05, 3.63) is 94.6 Å². The maximum atomic E-state index is 13.8. The van der Waals surface area contributed by atoms with E-state index in [4.69, 9.17) is 25.9 Å². The average Bonchev–Trinajstić information content (AvgIpc) is 4.04. The number of primary amides is 2. The second-order valence-corrected chi connectivity index (χ2v) is 14.9.